The Hall–Kier alpha value is -1.56. The van der Waals surface area contributed by atoms with Crippen molar-refractivity contribution in [3.05, 3.63) is 34.3 Å². The van der Waals surface area contributed by atoms with E-state index in [0.29, 0.717) is 12.1 Å². The lowest BCUT2D eigenvalue weighted by Crippen LogP contribution is -2.23. The van der Waals surface area contributed by atoms with Gasteiger partial charge in [-0.05, 0) is 24.1 Å². The van der Waals surface area contributed by atoms with Crippen molar-refractivity contribution in [3.8, 4) is 0 Å². The molecule has 1 aromatic carbocycles. The summed E-state index contributed by atoms with van der Waals surface area (Å²) in [5, 5.41) is 0. The molecular formula is C12H13BrN2O3. The summed E-state index contributed by atoms with van der Waals surface area (Å²) in [7, 11) is 3.40. The Morgan fingerprint density at radius 2 is 2.22 bits per heavy atom. The minimum absolute atomic E-state index is 0.140. The van der Waals surface area contributed by atoms with Gasteiger partial charge in [0, 0.05) is 36.6 Å². The molecule has 0 aliphatic heterocycles. The van der Waals surface area contributed by atoms with Gasteiger partial charge in [-0.1, -0.05) is 6.07 Å². The lowest BCUT2D eigenvalue weighted by molar-refractivity contribution is 0.235. The number of benzene rings is 1. The van der Waals surface area contributed by atoms with Crippen LogP contribution in [0, 0.1) is 0 Å². The van der Waals surface area contributed by atoms with Crippen LogP contribution >= 0.6 is 15.9 Å². The summed E-state index contributed by atoms with van der Waals surface area (Å²) in [6, 6.07) is 5.59. The average molecular weight is 313 g/mol. The van der Waals surface area contributed by atoms with Gasteiger partial charge in [-0.3, -0.25) is 9.36 Å². The maximum atomic E-state index is 11.3. The van der Waals surface area contributed by atoms with E-state index in [9.17, 15) is 9.59 Å². The van der Waals surface area contributed by atoms with Crippen molar-refractivity contribution in [2.45, 2.75) is 6.42 Å². The Morgan fingerprint density at radius 1 is 1.50 bits per heavy atom. The van der Waals surface area contributed by atoms with Crippen molar-refractivity contribution in [1.82, 2.24) is 9.47 Å². The first-order valence-corrected chi connectivity index (χ1v) is 6.27. The normalized spacial score (nSPS) is 10.8. The summed E-state index contributed by atoms with van der Waals surface area (Å²) < 4.78 is 6.52. The first kappa shape index (κ1) is 12.9. The van der Waals surface area contributed by atoms with Gasteiger partial charge in [-0.15, -0.1) is 0 Å². The van der Waals surface area contributed by atoms with Crippen LogP contribution in [0.25, 0.3) is 11.1 Å². The number of fused-ring (bicyclic) bond motifs is 1. The molecule has 18 heavy (non-hydrogen) atoms. The number of nitrogens with zero attached hydrogens (tertiary/aromatic N) is 2. The molecule has 0 aliphatic rings. The van der Waals surface area contributed by atoms with Crippen LogP contribution in [-0.2, 0) is 13.5 Å². The quantitative estimate of drug-likeness (QED) is 0.644. The lowest BCUT2D eigenvalue weighted by Gasteiger charge is -2.13. The van der Waals surface area contributed by atoms with Gasteiger partial charge in [-0.25, -0.2) is 4.79 Å². The number of carbonyl (C=O) groups excluding carboxylic acids is 1. The second-order valence-corrected chi connectivity index (χ2v) is 4.83. The molecule has 0 unspecified atom stereocenters. The summed E-state index contributed by atoms with van der Waals surface area (Å²) in [5.41, 5.74) is 2.40. The number of aromatic nitrogens is 1. The highest BCUT2D eigenvalue weighted by atomic mass is 79.9. The molecule has 1 aromatic heterocycles. The van der Waals surface area contributed by atoms with Crippen LogP contribution in [-0.4, -0.2) is 27.9 Å². The van der Waals surface area contributed by atoms with E-state index in [1.807, 2.05) is 12.1 Å². The molecule has 0 aliphatic carbocycles. The van der Waals surface area contributed by atoms with Crippen LogP contribution in [0.2, 0.25) is 0 Å². The third-order valence-electron chi connectivity index (χ3n) is 2.89. The van der Waals surface area contributed by atoms with E-state index in [-0.39, 0.29) is 10.6 Å². The van der Waals surface area contributed by atoms with Crippen molar-refractivity contribution in [2.24, 2.45) is 7.05 Å². The third-order valence-corrected chi connectivity index (χ3v) is 3.50. The summed E-state index contributed by atoms with van der Waals surface area (Å²) >= 11 is 2.89. The monoisotopic (exact) mass is 312 g/mol. The van der Waals surface area contributed by atoms with Gasteiger partial charge in [-0.2, -0.15) is 0 Å². The molecular weight excluding hydrogens is 300 g/mol. The number of likely N-dealkylation sites (N-methyl/N-ethyl adjacent to an activating group) is 1. The Kier molecular flexibility index (Phi) is 3.56. The topological polar surface area (TPSA) is 55.5 Å². The molecule has 0 atom stereocenters. The zero-order valence-electron chi connectivity index (χ0n) is 10.1. The van der Waals surface area contributed by atoms with Gasteiger partial charge in [0.25, 0.3) is 4.82 Å². The molecule has 1 amide bonds. The Labute approximate surface area is 112 Å². The van der Waals surface area contributed by atoms with E-state index < -0.39 is 0 Å². The van der Waals surface area contributed by atoms with Gasteiger partial charge < -0.3 is 9.32 Å². The van der Waals surface area contributed by atoms with E-state index in [2.05, 4.69) is 15.9 Å². The van der Waals surface area contributed by atoms with Crippen LogP contribution in [0.15, 0.2) is 27.4 Å². The molecule has 2 rings (SSSR count). The van der Waals surface area contributed by atoms with Gasteiger partial charge in [0.05, 0.1) is 5.52 Å². The molecule has 1 heterocycles. The molecule has 6 heteroatoms. The Balaban J connectivity index is 2.22. The van der Waals surface area contributed by atoms with Crippen LogP contribution in [0.5, 0.6) is 0 Å². The second-order valence-electron chi connectivity index (χ2n) is 4.15. The van der Waals surface area contributed by atoms with Crippen molar-refractivity contribution in [2.75, 3.05) is 13.6 Å². The van der Waals surface area contributed by atoms with Crippen LogP contribution in [0.3, 0.4) is 0 Å². The minimum atomic E-state index is -0.366. The molecule has 0 bridgehead atoms. The Morgan fingerprint density at radius 3 is 2.89 bits per heavy atom. The molecule has 2 aromatic rings. The average Bonchev–Trinajstić information content (AvgIpc) is 2.62. The molecule has 0 spiro atoms. The zero-order chi connectivity index (χ0) is 13.3. The van der Waals surface area contributed by atoms with Crippen LogP contribution in [0.4, 0.5) is 4.79 Å². The van der Waals surface area contributed by atoms with E-state index in [0.717, 1.165) is 17.5 Å². The summed E-state index contributed by atoms with van der Waals surface area (Å²) in [6.45, 7) is 0.612. The first-order chi connectivity index (χ1) is 8.49. The highest BCUT2D eigenvalue weighted by Gasteiger charge is 2.08. The van der Waals surface area contributed by atoms with E-state index in [4.69, 9.17) is 4.42 Å². The maximum Gasteiger partial charge on any atom is 0.419 e. The summed E-state index contributed by atoms with van der Waals surface area (Å²) in [6.07, 6.45) is 0.725. The number of carbonyl (C=O) groups is 1. The van der Waals surface area contributed by atoms with Crippen molar-refractivity contribution in [1.29, 1.82) is 0 Å². The maximum absolute atomic E-state index is 11.3. The number of aryl methyl sites for hydroxylation is 1. The minimum Gasteiger partial charge on any atom is -0.408 e. The van der Waals surface area contributed by atoms with Crippen molar-refractivity contribution < 1.29 is 9.21 Å². The predicted octanol–water partition coefficient (Wildman–Crippen LogP) is 2.12. The molecule has 5 nitrogen and oxygen atoms in total. The van der Waals surface area contributed by atoms with E-state index in [1.165, 1.54) is 4.57 Å². The van der Waals surface area contributed by atoms with Crippen LogP contribution < -0.4 is 5.76 Å². The fraction of sp³-hybridized carbons (Fsp3) is 0.333. The molecule has 0 radical (unpaired) electrons. The molecule has 96 valence electrons. The van der Waals surface area contributed by atoms with Gasteiger partial charge in [0.2, 0.25) is 0 Å². The first-order valence-electron chi connectivity index (χ1n) is 5.48. The number of amides is 1. The largest absolute Gasteiger partial charge is 0.419 e. The van der Waals surface area contributed by atoms with E-state index >= 15 is 0 Å². The standard InChI is InChI=1S/C12H13BrN2O3/c1-14(11(13)16)6-5-8-3-4-10-9(7-8)15(2)12(17)18-10/h3-4,7H,5-6H2,1-2H3. The summed E-state index contributed by atoms with van der Waals surface area (Å²) in [5.74, 6) is -0.366. The number of halogens is 1. The van der Waals surface area contributed by atoms with Gasteiger partial charge in [0.15, 0.2) is 5.58 Å². The highest BCUT2D eigenvalue weighted by molar-refractivity contribution is 9.18. The number of rotatable bonds is 3. The fourth-order valence-electron chi connectivity index (χ4n) is 1.71. The Bertz CT molecular complexity index is 644. The van der Waals surface area contributed by atoms with Crippen molar-refractivity contribution in [3.63, 3.8) is 0 Å². The second kappa shape index (κ2) is 4.97. The van der Waals surface area contributed by atoms with E-state index in [1.54, 1.807) is 25.1 Å². The number of hydrogen-bond acceptors (Lipinski definition) is 3. The summed E-state index contributed by atoms with van der Waals surface area (Å²) in [4.78, 5) is 23.8. The molecule has 0 saturated heterocycles. The highest BCUT2D eigenvalue weighted by Crippen LogP contribution is 2.15. The fourth-order valence-corrected chi connectivity index (χ4v) is 1.89. The zero-order valence-corrected chi connectivity index (χ0v) is 11.7. The van der Waals surface area contributed by atoms with Gasteiger partial charge >= 0.3 is 5.76 Å². The lowest BCUT2D eigenvalue weighted by atomic mass is 10.1. The van der Waals surface area contributed by atoms with Crippen LogP contribution in [0.1, 0.15) is 5.56 Å². The third kappa shape index (κ3) is 2.48. The molecule has 0 saturated carbocycles. The molecule has 0 fully saturated rings. The molecule has 0 N–H and O–H groups in total. The number of oxazole rings is 1. The smallest absolute Gasteiger partial charge is 0.408 e. The van der Waals surface area contributed by atoms with Crippen molar-refractivity contribution >= 4 is 31.8 Å². The number of hydrogen-bond donors (Lipinski definition) is 0. The SMILES string of the molecule is CN(CCc1ccc2oc(=O)n(C)c2c1)C(=O)Br. The predicted molar refractivity (Wildman–Crippen MR) is 72.1 cm³/mol. The van der Waals surface area contributed by atoms with Gasteiger partial charge in [0.1, 0.15) is 0 Å².